The fourth-order valence-corrected chi connectivity index (χ4v) is 6.16. The van der Waals surface area contributed by atoms with Gasteiger partial charge in [-0.15, -0.1) is 0 Å². The monoisotopic (exact) mass is 624 g/mol. The van der Waals surface area contributed by atoms with E-state index in [-0.39, 0.29) is 18.4 Å². The van der Waals surface area contributed by atoms with Crippen LogP contribution in [0.4, 0.5) is 0 Å². The standard InChI is InChI=1S/C37H40N2O7/c1-38-14-12-26-19-35(44-5)36(41)37(29(26)21-38)46-34-20-28-25(18-32(34)43-4)13-15-39(2)30(28)16-23-6-9-27(10-7-23)45-33-17-24(22-40)8-11-31(33)42-3/h6-12,14,17-20,30,40-41H,13,15-16,21-22H2,1-5H3. The number of ether oxygens (including phenoxy) is 5. The topological polar surface area (TPSA) is 93.1 Å². The summed E-state index contributed by atoms with van der Waals surface area (Å²) in [6.07, 6.45) is 5.64. The van der Waals surface area contributed by atoms with Crippen LogP contribution in [0, 0.1) is 0 Å². The van der Waals surface area contributed by atoms with Crippen LogP contribution >= 0.6 is 0 Å². The molecule has 1 unspecified atom stereocenters. The predicted octanol–water partition coefficient (Wildman–Crippen LogP) is 6.68. The van der Waals surface area contributed by atoms with Crippen molar-refractivity contribution in [3.05, 3.63) is 100 Å². The predicted molar refractivity (Wildman–Crippen MR) is 176 cm³/mol. The molecule has 0 amide bonds. The van der Waals surface area contributed by atoms with Gasteiger partial charge in [-0.1, -0.05) is 18.2 Å². The largest absolute Gasteiger partial charge is 0.502 e. The van der Waals surface area contributed by atoms with Gasteiger partial charge in [0.2, 0.25) is 5.75 Å². The Labute approximate surface area is 269 Å². The molecular weight excluding hydrogens is 584 g/mol. The van der Waals surface area contributed by atoms with Gasteiger partial charge >= 0.3 is 0 Å². The number of rotatable bonds is 10. The summed E-state index contributed by atoms with van der Waals surface area (Å²) in [7, 11) is 8.89. The molecule has 2 aliphatic heterocycles. The van der Waals surface area contributed by atoms with E-state index in [1.165, 1.54) is 12.7 Å². The van der Waals surface area contributed by atoms with Gasteiger partial charge in [0.15, 0.2) is 34.5 Å². The lowest BCUT2D eigenvalue weighted by Gasteiger charge is -2.35. The lowest BCUT2D eigenvalue weighted by atomic mass is 9.88. The Morgan fingerprint density at radius 2 is 1.50 bits per heavy atom. The van der Waals surface area contributed by atoms with E-state index in [9.17, 15) is 10.2 Å². The van der Waals surface area contributed by atoms with Crippen LogP contribution in [0.15, 0.2) is 66.9 Å². The van der Waals surface area contributed by atoms with E-state index < -0.39 is 0 Å². The number of aliphatic hydroxyl groups is 1. The molecule has 6 rings (SSSR count). The molecule has 2 N–H and O–H groups in total. The lowest BCUT2D eigenvalue weighted by Crippen LogP contribution is -2.33. The second-order valence-electron chi connectivity index (χ2n) is 11.7. The van der Waals surface area contributed by atoms with Crippen molar-refractivity contribution >= 4 is 6.08 Å². The maximum atomic E-state index is 11.2. The smallest absolute Gasteiger partial charge is 0.201 e. The first-order chi connectivity index (χ1) is 22.3. The number of methoxy groups -OCH3 is 3. The first-order valence-electron chi connectivity index (χ1n) is 15.3. The third-order valence-electron chi connectivity index (χ3n) is 8.75. The Balaban J connectivity index is 1.29. The summed E-state index contributed by atoms with van der Waals surface area (Å²) >= 11 is 0. The van der Waals surface area contributed by atoms with Crippen molar-refractivity contribution in [3.8, 4) is 46.0 Å². The minimum atomic E-state index is -0.0775. The fraction of sp³-hybridized carbons (Fsp3) is 0.297. The Kier molecular flexibility index (Phi) is 8.96. The van der Waals surface area contributed by atoms with Crippen LogP contribution in [0.1, 0.15) is 39.4 Å². The normalized spacial score (nSPS) is 15.6. The average molecular weight is 625 g/mol. The molecule has 0 aromatic heterocycles. The van der Waals surface area contributed by atoms with E-state index in [1.54, 1.807) is 26.4 Å². The molecule has 0 bridgehead atoms. The molecule has 0 saturated heterocycles. The van der Waals surface area contributed by atoms with Gasteiger partial charge < -0.3 is 38.8 Å². The Morgan fingerprint density at radius 1 is 0.783 bits per heavy atom. The maximum absolute atomic E-state index is 11.2. The molecule has 0 fully saturated rings. The van der Waals surface area contributed by atoms with Crippen molar-refractivity contribution in [3.63, 3.8) is 0 Å². The highest BCUT2D eigenvalue weighted by atomic mass is 16.5. The average Bonchev–Trinajstić information content (AvgIpc) is 3.07. The van der Waals surface area contributed by atoms with Crippen LogP contribution in [0.2, 0.25) is 0 Å². The van der Waals surface area contributed by atoms with Crippen molar-refractivity contribution in [2.45, 2.75) is 32.0 Å². The third kappa shape index (κ3) is 6.16. The summed E-state index contributed by atoms with van der Waals surface area (Å²) in [6.45, 7) is 1.41. The second kappa shape index (κ2) is 13.2. The Hall–Kier alpha value is -4.86. The van der Waals surface area contributed by atoms with E-state index in [4.69, 9.17) is 23.7 Å². The van der Waals surface area contributed by atoms with Crippen LogP contribution in [-0.4, -0.2) is 62.0 Å². The van der Waals surface area contributed by atoms with E-state index >= 15 is 0 Å². The third-order valence-corrected chi connectivity index (χ3v) is 8.75. The van der Waals surface area contributed by atoms with Crippen molar-refractivity contribution in [2.24, 2.45) is 0 Å². The molecule has 0 spiro atoms. The summed E-state index contributed by atoms with van der Waals surface area (Å²) < 4.78 is 29.4. The maximum Gasteiger partial charge on any atom is 0.201 e. The van der Waals surface area contributed by atoms with Crippen molar-refractivity contribution in [1.82, 2.24) is 9.80 Å². The summed E-state index contributed by atoms with van der Waals surface area (Å²) in [4.78, 5) is 4.40. The fourth-order valence-electron chi connectivity index (χ4n) is 6.16. The summed E-state index contributed by atoms with van der Waals surface area (Å²) in [5.41, 5.74) is 6.08. The van der Waals surface area contributed by atoms with Crippen LogP contribution in [0.25, 0.3) is 6.08 Å². The van der Waals surface area contributed by atoms with E-state index in [1.807, 2.05) is 48.5 Å². The molecule has 240 valence electrons. The zero-order chi connectivity index (χ0) is 32.4. The Morgan fingerprint density at radius 3 is 2.22 bits per heavy atom. The van der Waals surface area contributed by atoms with Gasteiger partial charge in [-0.2, -0.15) is 0 Å². The number of aliphatic hydroxyl groups excluding tert-OH is 1. The lowest BCUT2D eigenvalue weighted by molar-refractivity contribution is 0.228. The van der Waals surface area contributed by atoms with Gasteiger partial charge in [-0.3, -0.25) is 4.90 Å². The molecule has 9 heteroatoms. The van der Waals surface area contributed by atoms with E-state index in [2.05, 4.69) is 36.2 Å². The first-order valence-corrected chi connectivity index (χ1v) is 15.3. The number of nitrogens with zero attached hydrogens (tertiary/aromatic N) is 2. The molecule has 2 aliphatic rings. The van der Waals surface area contributed by atoms with Gasteiger partial charge in [-0.05, 0) is 102 Å². The number of hydrogen-bond donors (Lipinski definition) is 2. The number of phenols is 1. The van der Waals surface area contributed by atoms with Crippen molar-refractivity contribution in [1.29, 1.82) is 0 Å². The van der Waals surface area contributed by atoms with E-state index in [0.717, 1.165) is 47.2 Å². The molecular formula is C37H40N2O7. The summed E-state index contributed by atoms with van der Waals surface area (Å²) in [6, 6.07) is 19.5. The molecule has 46 heavy (non-hydrogen) atoms. The summed E-state index contributed by atoms with van der Waals surface area (Å²) in [5.74, 6) is 3.65. The van der Waals surface area contributed by atoms with E-state index in [0.29, 0.717) is 46.8 Å². The molecule has 0 aliphatic carbocycles. The molecule has 0 saturated carbocycles. The molecule has 0 radical (unpaired) electrons. The number of hydrogen-bond acceptors (Lipinski definition) is 9. The molecule has 4 aromatic carbocycles. The van der Waals surface area contributed by atoms with Gasteiger partial charge in [0, 0.05) is 31.7 Å². The van der Waals surface area contributed by atoms with Crippen LogP contribution in [0.5, 0.6) is 46.0 Å². The van der Waals surface area contributed by atoms with Gasteiger partial charge in [0.05, 0.1) is 27.9 Å². The van der Waals surface area contributed by atoms with Crippen LogP contribution in [-0.2, 0) is 26.0 Å². The number of aromatic hydroxyl groups is 1. The highest BCUT2D eigenvalue weighted by Crippen LogP contribution is 2.48. The summed E-state index contributed by atoms with van der Waals surface area (Å²) in [5, 5.41) is 20.7. The molecule has 1 atom stereocenters. The van der Waals surface area contributed by atoms with Crippen molar-refractivity contribution < 1.29 is 33.9 Å². The van der Waals surface area contributed by atoms with Crippen molar-refractivity contribution in [2.75, 3.05) is 42.0 Å². The zero-order valence-corrected chi connectivity index (χ0v) is 26.9. The van der Waals surface area contributed by atoms with Gasteiger partial charge in [-0.25, -0.2) is 0 Å². The number of fused-ring (bicyclic) bond motifs is 2. The highest BCUT2D eigenvalue weighted by Gasteiger charge is 2.29. The highest BCUT2D eigenvalue weighted by molar-refractivity contribution is 5.69. The second-order valence-corrected chi connectivity index (χ2v) is 11.7. The van der Waals surface area contributed by atoms with Crippen LogP contribution < -0.4 is 23.7 Å². The van der Waals surface area contributed by atoms with Gasteiger partial charge in [0.25, 0.3) is 0 Å². The minimum Gasteiger partial charge on any atom is -0.502 e. The molecule has 4 aromatic rings. The van der Waals surface area contributed by atoms with Gasteiger partial charge in [0.1, 0.15) is 5.75 Å². The minimum absolute atomic E-state index is 0.0404. The number of benzene rings is 4. The molecule has 2 heterocycles. The van der Waals surface area contributed by atoms with Crippen LogP contribution in [0.3, 0.4) is 0 Å². The Bertz CT molecular complexity index is 1750. The number of likely N-dealkylation sites (N-methyl/N-ethyl adjacent to an activating group) is 1. The first kappa shape index (κ1) is 31.1. The quantitative estimate of drug-likeness (QED) is 0.200. The number of phenolic OH excluding ortho intramolecular Hbond substituents is 1. The molecule has 9 nitrogen and oxygen atoms in total. The SMILES string of the molecule is COc1ccc(CO)cc1Oc1ccc(CC2c3cc(Oc4c(O)c(OC)cc5c4CN(C)C=C5)c(OC)cc3CCN2C)cc1. The zero-order valence-electron chi connectivity index (χ0n) is 26.9.